The third-order valence-corrected chi connectivity index (χ3v) is 4.20. The van der Waals surface area contributed by atoms with Crippen molar-refractivity contribution < 1.29 is 0 Å². The van der Waals surface area contributed by atoms with E-state index in [-0.39, 0.29) is 0 Å². The largest absolute Gasteiger partial charge is 0.333 e. The van der Waals surface area contributed by atoms with E-state index < -0.39 is 0 Å². The van der Waals surface area contributed by atoms with Crippen LogP contribution < -0.4 is 0 Å². The molecule has 0 N–H and O–H groups in total. The standard InChI is InChI=1S/C20H22N2/c1-15-9-10-19(16(2)11-15)17(3)20-13-22(14-21-20)12-18-7-5-4-6-8-18/h4-11,13-14,17H,12H2,1-3H3. The Kier molecular flexibility index (Phi) is 4.10. The third kappa shape index (κ3) is 3.11. The fraction of sp³-hybridized carbons (Fsp3) is 0.250. The highest BCUT2D eigenvalue weighted by Crippen LogP contribution is 2.26. The van der Waals surface area contributed by atoms with Crippen molar-refractivity contribution in [3.8, 4) is 0 Å². The Bertz CT molecular complexity index is 756. The van der Waals surface area contributed by atoms with E-state index in [2.05, 4.69) is 79.0 Å². The Balaban J connectivity index is 1.81. The maximum Gasteiger partial charge on any atom is 0.0952 e. The molecule has 3 aromatic rings. The molecule has 1 unspecified atom stereocenters. The Morgan fingerprint density at radius 1 is 1.05 bits per heavy atom. The molecule has 0 fully saturated rings. The molecule has 1 heterocycles. The van der Waals surface area contributed by atoms with Gasteiger partial charge in [-0.3, -0.25) is 0 Å². The van der Waals surface area contributed by atoms with Gasteiger partial charge in [-0.2, -0.15) is 0 Å². The number of aromatic nitrogens is 2. The molecule has 3 rings (SSSR count). The van der Waals surface area contributed by atoms with Gasteiger partial charge >= 0.3 is 0 Å². The zero-order chi connectivity index (χ0) is 15.5. The van der Waals surface area contributed by atoms with Gasteiger partial charge in [-0.25, -0.2) is 4.98 Å². The average Bonchev–Trinajstić information content (AvgIpc) is 2.96. The van der Waals surface area contributed by atoms with Crippen LogP contribution >= 0.6 is 0 Å². The van der Waals surface area contributed by atoms with Gasteiger partial charge in [-0.05, 0) is 30.5 Å². The van der Waals surface area contributed by atoms with Crippen molar-refractivity contribution in [1.82, 2.24) is 9.55 Å². The lowest BCUT2D eigenvalue weighted by Crippen LogP contribution is -2.00. The van der Waals surface area contributed by atoms with Gasteiger partial charge in [-0.15, -0.1) is 0 Å². The van der Waals surface area contributed by atoms with E-state index in [9.17, 15) is 0 Å². The van der Waals surface area contributed by atoms with Crippen LogP contribution in [0.1, 0.15) is 40.8 Å². The highest BCUT2D eigenvalue weighted by Gasteiger charge is 2.13. The topological polar surface area (TPSA) is 17.8 Å². The van der Waals surface area contributed by atoms with Gasteiger partial charge < -0.3 is 4.57 Å². The van der Waals surface area contributed by atoms with Crippen molar-refractivity contribution in [2.24, 2.45) is 0 Å². The van der Waals surface area contributed by atoms with Crippen molar-refractivity contribution in [2.45, 2.75) is 33.2 Å². The minimum Gasteiger partial charge on any atom is -0.333 e. The molecule has 2 heteroatoms. The Hall–Kier alpha value is -2.35. The summed E-state index contributed by atoms with van der Waals surface area (Å²) < 4.78 is 2.16. The molecule has 22 heavy (non-hydrogen) atoms. The molecule has 0 saturated carbocycles. The summed E-state index contributed by atoms with van der Waals surface area (Å²) in [5, 5.41) is 0. The van der Waals surface area contributed by atoms with E-state index in [0.717, 1.165) is 12.2 Å². The first kappa shape index (κ1) is 14.6. The van der Waals surface area contributed by atoms with Gasteiger partial charge in [0.2, 0.25) is 0 Å². The lowest BCUT2D eigenvalue weighted by Gasteiger charge is -2.13. The van der Waals surface area contributed by atoms with E-state index in [1.165, 1.54) is 22.3 Å². The Labute approximate surface area is 132 Å². The first-order valence-corrected chi connectivity index (χ1v) is 7.76. The van der Waals surface area contributed by atoms with E-state index >= 15 is 0 Å². The maximum absolute atomic E-state index is 4.62. The van der Waals surface area contributed by atoms with Crippen LogP contribution in [-0.2, 0) is 6.54 Å². The van der Waals surface area contributed by atoms with E-state index in [0.29, 0.717) is 5.92 Å². The van der Waals surface area contributed by atoms with Crippen LogP contribution in [0.25, 0.3) is 0 Å². The van der Waals surface area contributed by atoms with Crippen LogP contribution in [0.4, 0.5) is 0 Å². The van der Waals surface area contributed by atoms with Gasteiger partial charge in [0, 0.05) is 18.7 Å². The number of benzene rings is 2. The molecule has 0 aliphatic carbocycles. The molecule has 0 amide bonds. The van der Waals surface area contributed by atoms with Gasteiger partial charge in [0.25, 0.3) is 0 Å². The van der Waals surface area contributed by atoms with Crippen LogP contribution in [0, 0.1) is 13.8 Å². The van der Waals surface area contributed by atoms with E-state index in [4.69, 9.17) is 0 Å². The predicted molar refractivity (Wildman–Crippen MR) is 91.2 cm³/mol. The molecule has 1 aromatic heterocycles. The SMILES string of the molecule is Cc1ccc(C(C)c2cn(Cc3ccccc3)cn2)c(C)c1. The molecular formula is C20H22N2. The Morgan fingerprint density at radius 3 is 2.55 bits per heavy atom. The molecule has 1 atom stereocenters. The van der Waals surface area contributed by atoms with Crippen LogP contribution in [0.15, 0.2) is 61.1 Å². The van der Waals surface area contributed by atoms with Crippen molar-refractivity contribution in [1.29, 1.82) is 0 Å². The second-order valence-electron chi connectivity index (χ2n) is 6.04. The molecule has 0 saturated heterocycles. The first-order valence-electron chi connectivity index (χ1n) is 7.76. The number of imidazole rings is 1. The summed E-state index contributed by atoms with van der Waals surface area (Å²) in [5.74, 6) is 0.317. The lowest BCUT2D eigenvalue weighted by molar-refractivity contribution is 0.793. The summed E-state index contributed by atoms with van der Waals surface area (Å²) in [5.41, 5.74) is 6.43. The second-order valence-corrected chi connectivity index (χ2v) is 6.04. The summed E-state index contributed by atoms with van der Waals surface area (Å²) >= 11 is 0. The van der Waals surface area contributed by atoms with E-state index in [1.807, 2.05) is 12.4 Å². The number of hydrogen-bond donors (Lipinski definition) is 0. The fourth-order valence-corrected chi connectivity index (χ4v) is 2.95. The summed E-state index contributed by atoms with van der Waals surface area (Å²) in [7, 11) is 0. The molecule has 112 valence electrons. The second kappa shape index (κ2) is 6.18. The monoisotopic (exact) mass is 290 g/mol. The minimum atomic E-state index is 0.317. The molecule has 0 spiro atoms. The summed E-state index contributed by atoms with van der Waals surface area (Å²) in [6, 6.07) is 17.1. The maximum atomic E-state index is 4.62. The minimum absolute atomic E-state index is 0.317. The molecule has 0 aliphatic heterocycles. The zero-order valence-corrected chi connectivity index (χ0v) is 13.5. The van der Waals surface area contributed by atoms with Crippen molar-refractivity contribution >= 4 is 0 Å². The highest BCUT2D eigenvalue weighted by atomic mass is 15.0. The molecular weight excluding hydrogens is 268 g/mol. The van der Waals surface area contributed by atoms with Crippen LogP contribution in [0.2, 0.25) is 0 Å². The van der Waals surface area contributed by atoms with Crippen LogP contribution in [-0.4, -0.2) is 9.55 Å². The average molecular weight is 290 g/mol. The van der Waals surface area contributed by atoms with E-state index in [1.54, 1.807) is 0 Å². The first-order chi connectivity index (χ1) is 10.6. The normalized spacial score (nSPS) is 12.3. The molecule has 0 bridgehead atoms. The number of hydrogen-bond acceptors (Lipinski definition) is 1. The van der Waals surface area contributed by atoms with Crippen LogP contribution in [0.3, 0.4) is 0 Å². The highest BCUT2D eigenvalue weighted by molar-refractivity contribution is 5.36. The number of nitrogens with zero attached hydrogens (tertiary/aromatic N) is 2. The molecule has 2 nitrogen and oxygen atoms in total. The van der Waals surface area contributed by atoms with Crippen molar-refractivity contribution in [3.05, 3.63) is 89.0 Å². The summed E-state index contributed by atoms with van der Waals surface area (Å²) in [6.45, 7) is 7.41. The van der Waals surface area contributed by atoms with Crippen molar-refractivity contribution in [3.63, 3.8) is 0 Å². The quantitative estimate of drug-likeness (QED) is 0.681. The summed E-state index contributed by atoms with van der Waals surface area (Å²) in [4.78, 5) is 4.62. The van der Waals surface area contributed by atoms with Crippen molar-refractivity contribution in [2.75, 3.05) is 0 Å². The third-order valence-electron chi connectivity index (χ3n) is 4.20. The zero-order valence-electron chi connectivity index (χ0n) is 13.5. The number of aryl methyl sites for hydroxylation is 2. The molecule has 0 radical (unpaired) electrons. The number of rotatable bonds is 4. The van der Waals surface area contributed by atoms with Gasteiger partial charge in [0.1, 0.15) is 0 Å². The predicted octanol–water partition coefficient (Wildman–Crippen LogP) is 4.70. The van der Waals surface area contributed by atoms with Gasteiger partial charge in [0.05, 0.1) is 12.0 Å². The lowest BCUT2D eigenvalue weighted by atomic mass is 9.93. The smallest absolute Gasteiger partial charge is 0.0952 e. The van der Waals surface area contributed by atoms with Gasteiger partial charge in [0.15, 0.2) is 0 Å². The molecule has 0 aliphatic rings. The fourth-order valence-electron chi connectivity index (χ4n) is 2.95. The molecule has 2 aromatic carbocycles. The summed E-state index contributed by atoms with van der Waals surface area (Å²) in [6.07, 6.45) is 4.10. The Morgan fingerprint density at radius 2 is 1.82 bits per heavy atom. The van der Waals surface area contributed by atoms with Gasteiger partial charge in [-0.1, -0.05) is 61.0 Å². The van der Waals surface area contributed by atoms with Crippen LogP contribution in [0.5, 0.6) is 0 Å².